The summed E-state index contributed by atoms with van der Waals surface area (Å²) in [5.41, 5.74) is 1.66. The van der Waals surface area contributed by atoms with E-state index in [0.717, 1.165) is 45.7 Å². The van der Waals surface area contributed by atoms with Gasteiger partial charge in [0, 0.05) is 39.0 Å². The molecule has 2 rings (SSSR count). The molecule has 1 aromatic heterocycles. The predicted octanol–water partition coefficient (Wildman–Crippen LogP) is 1.81. The first-order valence-corrected chi connectivity index (χ1v) is 6.51. The van der Waals surface area contributed by atoms with Crippen LogP contribution in [0.15, 0.2) is 12.5 Å². The number of rotatable bonds is 5. The summed E-state index contributed by atoms with van der Waals surface area (Å²) >= 11 is 0. The fourth-order valence-electron chi connectivity index (χ4n) is 2.31. The summed E-state index contributed by atoms with van der Waals surface area (Å²) in [7, 11) is 0. The highest BCUT2D eigenvalue weighted by Gasteiger charge is 2.26. The van der Waals surface area contributed by atoms with Crippen LogP contribution in [-0.4, -0.2) is 29.3 Å². The van der Waals surface area contributed by atoms with Gasteiger partial charge in [0.1, 0.15) is 0 Å². The summed E-state index contributed by atoms with van der Waals surface area (Å²) in [5.74, 6) is 0. The monoisotopic (exact) mass is 237 g/mol. The minimum atomic E-state index is 0.398. The van der Waals surface area contributed by atoms with Gasteiger partial charge in [0.05, 0.1) is 12.0 Å². The van der Waals surface area contributed by atoms with Gasteiger partial charge in [0.15, 0.2) is 0 Å². The minimum absolute atomic E-state index is 0.398. The molecule has 2 heterocycles. The normalized spacial score (nSPS) is 19.4. The maximum Gasteiger partial charge on any atom is 0.0948 e. The minimum Gasteiger partial charge on any atom is -0.381 e. The summed E-state index contributed by atoms with van der Waals surface area (Å²) in [6.45, 7) is 9.26. The van der Waals surface area contributed by atoms with Crippen LogP contribution >= 0.6 is 0 Å². The van der Waals surface area contributed by atoms with Crippen LogP contribution in [0, 0.1) is 5.41 Å². The predicted molar refractivity (Wildman–Crippen MR) is 67.8 cm³/mol. The van der Waals surface area contributed by atoms with Crippen LogP contribution in [0.25, 0.3) is 0 Å². The molecule has 1 saturated heterocycles. The quantitative estimate of drug-likeness (QED) is 0.849. The summed E-state index contributed by atoms with van der Waals surface area (Å²) < 4.78 is 7.59. The van der Waals surface area contributed by atoms with Gasteiger partial charge in [0.2, 0.25) is 0 Å². The van der Waals surface area contributed by atoms with E-state index in [2.05, 4.69) is 28.7 Å². The Hall–Kier alpha value is -0.870. The van der Waals surface area contributed by atoms with E-state index in [-0.39, 0.29) is 0 Å². The number of nitrogens with zero attached hydrogens (tertiary/aromatic N) is 2. The van der Waals surface area contributed by atoms with Crippen LogP contribution in [0.2, 0.25) is 0 Å². The highest BCUT2D eigenvalue weighted by Crippen LogP contribution is 2.28. The zero-order valence-electron chi connectivity index (χ0n) is 10.9. The molecule has 1 aliphatic rings. The molecule has 0 saturated carbocycles. The van der Waals surface area contributed by atoms with Crippen molar-refractivity contribution < 1.29 is 4.74 Å². The molecule has 0 unspecified atom stereocenters. The van der Waals surface area contributed by atoms with Gasteiger partial charge in [-0.05, 0) is 25.2 Å². The Morgan fingerprint density at radius 2 is 2.24 bits per heavy atom. The van der Waals surface area contributed by atoms with Gasteiger partial charge >= 0.3 is 0 Å². The van der Waals surface area contributed by atoms with Gasteiger partial charge in [0.25, 0.3) is 0 Å². The molecule has 0 aromatic carbocycles. The number of hydrogen-bond acceptors (Lipinski definition) is 3. The molecule has 96 valence electrons. The average molecular weight is 237 g/mol. The SMILES string of the molecule is CCn1cncc1CNCC1(C)CCOCC1. The molecule has 0 radical (unpaired) electrons. The van der Waals surface area contributed by atoms with Crippen molar-refractivity contribution in [2.24, 2.45) is 5.41 Å². The standard InChI is InChI=1S/C13H23N3O/c1-3-16-11-15-9-12(16)8-14-10-13(2)4-6-17-7-5-13/h9,11,14H,3-8,10H2,1-2H3. The van der Waals surface area contributed by atoms with Gasteiger partial charge in [-0.3, -0.25) is 0 Å². The third-order valence-electron chi connectivity index (χ3n) is 3.70. The fourth-order valence-corrected chi connectivity index (χ4v) is 2.31. The molecular formula is C13H23N3O. The average Bonchev–Trinajstić information content (AvgIpc) is 2.77. The lowest BCUT2D eigenvalue weighted by Gasteiger charge is -2.33. The van der Waals surface area contributed by atoms with Gasteiger partial charge in [-0.25, -0.2) is 4.98 Å². The number of aryl methyl sites for hydroxylation is 1. The van der Waals surface area contributed by atoms with E-state index < -0.39 is 0 Å². The van der Waals surface area contributed by atoms with Gasteiger partial charge < -0.3 is 14.6 Å². The second kappa shape index (κ2) is 5.65. The van der Waals surface area contributed by atoms with Crippen LogP contribution in [0.1, 0.15) is 32.4 Å². The van der Waals surface area contributed by atoms with Crippen molar-refractivity contribution in [3.8, 4) is 0 Å². The second-order valence-corrected chi connectivity index (χ2v) is 5.20. The molecule has 0 bridgehead atoms. The van der Waals surface area contributed by atoms with Gasteiger partial charge in [-0.1, -0.05) is 6.92 Å². The Morgan fingerprint density at radius 3 is 2.94 bits per heavy atom. The Labute approximate surface area is 103 Å². The Balaban J connectivity index is 1.79. The van der Waals surface area contributed by atoms with E-state index in [9.17, 15) is 0 Å². The highest BCUT2D eigenvalue weighted by atomic mass is 16.5. The van der Waals surface area contributed by atoms with E-state index in [4.69, 9.17) is 4.74 Å². The largest absolute Gasteiger partial charge is 0.381 e. The van der Waals surface area contributed by atoms with Crippen molar-refractivity contribution in [1.82, 2.24) is 14.9 Å². The Bertz CT molecular complexity index is 342. The molecule has 1 aromatic rings. The molecular weight excluding hydrogens is 214 g/mol. The highest BCUT2D eigenvalue weighted by molar-refractivity contribution is 4.98. The summed E-state index contributed by atoms with van der Waals surface area (Å²) in [4.78, 5) is 4.18. The second-order valence-electron chi connectivity index (χ2n) is 5.20. The van der Waals surface area contributed by atoms with E-state index in [1.165, 1.54) is 5.69 Å². The van der Waals surface area contributed by atoms with Crippen LogP contribution in [0.4, 0.5) is 0 Å². The summed E-state index contributed by atoms with van der Waals surface area (Å²) in [5, 5.41) is 3.56. The third-order valence-corrected chi connectivity index (χ3v) is 3.70. The lowest BCUT2D eigenvalue weighted by molar-refractivity contribution is 0.0239. The first kappa shape index (κ1) is 12.6. The first-order valence-electron chi connectivity index (χ1n) is 6.51. The molecule has 0 atom stereocenters. The first-order chi connectivity index (χ1) is 8.23. The van der Waals surface area contributed by atoms with Crippen molar-refractivity contribution in [1.29, 1.82) is 0 Å². The zero-order chi connectivity index (χ0) is 12.1. The Kier molecular flexibility index (Phi) is 4.18. The van der Waals surface area contributed by atoms with Gasteiger partial charge in [-0.2, -0.15) is 0 Å². The number of ether oxygens (including phenoxy) is 1. The number of hydrogen-bond donors (Lipinski definition) is 1. The van der Waals surface area contributed by atoms with Crippen LogP contribution in [0.5, 0.6) is 0 Å². The molecule has 4 nitrogen and oxygen atoms in total. The van der Waals surface area contributed by atoms with Crippen molar-refractivity contribution >= 4 is 0 Å². The maximum absolute atomic E-state index is 5.41. The van der Waals surface area contributed by atoms with Crippen molar-refractivity contribution in [3.05, 3.63) is 18.2 Å². The molecule has 0 aliphatic carbocycles. The van der Waals surface area contributed by atoms with Crippen LogP contribution in [-0.2, 0) is 17.8 Å². The molecule has 1 N–H and O–H groups in total. The fraction of sp³-hybridized carbons (Fsp3) is 0.769. The number of aromatic nitrogens is 2. The Morgan fingerprint density at radius 1 is 1.47 bits per heavy atom. The van der Waals surface area contributed by atoms with Crippen molar-refractivity contribution in [3.63, 3.8) is 0 Å². The number of imidazole rings is 1. The van der Waals surface area contributed by atoms with E-state index in [1.54, 1.807) is 0 Å². The van der Waals surface area contributed by atoms with E-state index >= 15 is 0 Å². The summed E-state index contributed by atoms with van der Waals surface area (Å²) in [6, 6.07) is 0. The smallest absolute Gasteiger partial charge is 0.0948 e. The molecule has 4 heteroatoms. The molecule has 17 heavy (non-hydrogen) atoms. The van der Waals surface area contributed by atoms with E-state index in [0.29, 0.717) is 5.41 Å². The van der Waals surface area contributed by atoms with Crippen molar-refractivity contribution in [2.45, 2.75) is 39.8 Å². The van der Waals surface area contributed by atoms with Gasteiger partial charge in [-0.15, -0.1) is 0 Å². The topological polar surface area (TPSA) is 39.1 Å². The maximum atomic E-state index is 5.41. The van der Waals surface area contributed by atoms with Crippen molar-refractivity contribution in [2.75, 3.05) is 19.8 Å². The molecule has 0 spiro atoms. The zero-order valence-corrected chi connectivity index (χ0v) is 10.9. The molecule has 1 aliphatic heterocycles. The molecule has 1 fully saturated rings. The number of nitrogens with one attached hydrogen (secondary N) is 1. The third kappa shape index (κ3) is 3.30. The molecule has 0 amide bonds. The van der Waals surface area contributed by atoms with E-state index in [1.807, 2.05) is 12.5 Å². The van der Waals surface area contributed by atoms with Crippen LogP contribution < -0.4 is 5.32 Å². The lowest BCUT2D eigenvalue weighted by atomic mass is 9.82. The van der Waals surface area contributed by atoms with Crippen LogP contribution in [0.3, 0.4) is 0 Å². The lowest BCUT2D eigenvalue weighted by Crippen LogP contribution is -2.36. The summed E-state index contributed by atoms with van der Waals surface area (Å²) in [6.07, 6.45) is 6.16.